The second kappa shape index (κ2) is 7.07. The Labute approximate surface area is 126 Å². The van der Waals surface area contributed by atoms with E-state index in [1.807, 2.05) is 26.1 Å². The third-order valence-corrected chi connectivity index (χ3v) is 4.66. The topological polar surface area (TPSA) is 70.1 Å². The van der Waals surface area contributed by atoms with Gasteiger partial charge in [0.05, 0.1) is 23.8 Å². The van der Waals surface area contributed by atoms with Crippen LogP contribution in [0, 0.1) is 5.41 Å². The average Bonchev–Trinajstić information content (AvgIpc) is 3.16. The first-order valence-electron chi connectivity index (χ1n) is 8.06. The van der Waals surface area contributed by atoms with Crippen LogP contribution >= 0.6 is 0 Å². The molecule has 0 radical (unpaired) electrons. The fraction of sp³-hybridized carbons (Fsp3) is 0.750. The van der Waals surface area contributed by atoms with Gasteiger partial charge in [0.1, 0.15) is 0 Å². The number of nitrogens with two attached hydrogens (primary N) is 1. The molecule has 0 amide bonds. The van der Waals surface area contributed by atoms with Crippen molar-refractivity contribution in [2.45, 2.75) is 58.4 Å². The van der Waals surface area contributed by atoms with Gasteiger partial charge in [-0.25, -0.2) is 0 Å². The fourth-order valence-corrected chi connectivity index (χ4v) is 3.12. The lowest BCUT2D eigenvalue weighted by molar-refractivity contribution is -0.155. The molecule has 0 spiro atoms. The second-order valence-electron chi connectivity index (χ2n) is 5.96. The van der Waals surface area contributed by atoms with Crippen molar-refractivity contribution in [2.75, 3.05) is 13.2 Å². The minimum atomic E-state index is -0.648. The molecule has 21 heavy (non-hydrogen) atoms. The monoisotopic (exact) mass is 293 g/mol. The summed E-state index contributed by atoms with van der Waals surface area (Å²) in [6.45, 7) is 4.48. The maximum atomic E-state index is 12.3. The minimum Gasteiger partial charge on any atom is -0.466 e. The lowest BCUT2D eigenvalue weighted by atomic mass is 9.80. The van der Waals surface area contributed by atoms with Crippen molar-refractivity contribution in [3.8, 4) is 0 Å². The highest BCUT2D eigenvalue weighted by atomic mass is 16.5. The Morgan fingerprint density at radius 1 is 1.48 bits per heavy atom. The van der Waals surface area contributed by atoms with Gasteiger partial charge in [-0.2, -0.15) is 5.10 Å². The molecular formula is C16H27N3O2. The summed E-state index contributed by atoms with van der Waals surface area (Å²) in [7, 11) is 0. The molecule has 1 atom stereocenters. The molecule has 1 aliphatic carbocycles. The predicted molar refractivity (Wildman–Crippen MR) is 81.8 cm³/mol. The molecular weight excluding hydrogens is 266 g/mol. The van der Waals surface area contributed by atoms with E-state index in [1.165, 1.54) is 25.7 Å². The van der Waals surface area contributed by atoms with E-state index in [0.29, 0.717) is 32.0 Å². The highest BCUT2D eigenvalue weighted by molar-refractivity contribution is 5.77. The average molecular weight is 293 g/mol. The molecule has 1 fully saturated rings. The van der Waals surface area contributed by atoms with Crippen LogP contribution in [0.15, 0.2) is 12.3 Å². The molecule has 118 valence electrons. The molecule has 0 saturated heterocycles. The summed E-state index contributed by atoms with van der Waals surface area (Å²) in [5.41, 5.74) is 6.18. The largest absolute Gasteiger partial charge is 0.466 e. The number of aromatic nitrogens is 2. The van der Waals surface area contributed by atoms with Gasteiger partial charge in [-0.3, -0.25) is 9.48 Å². The van der Waals surface area contributed by atoms with Crippen molar-refractivity contribution in [1.29, 1.82) is 0 Å². The minimum absolute atomic E-state index is 0.203. The summed E-state index contributed by atoms with van der Waals surface area (Å²) in [6.07, 6.45) is 8.23. The van der Waals surface area contributed by atoms with Gasteiger partial charge in [-0.15, -0.1) is 0 Å². The van der Waals surface area contributed by atoms with Crippen LogP contribution < -0.4 is 5.73 Å². The molecule has 5 nitrogen and oxygen atoms in total. The molecule has 1 aliphatic rings. The maximum absolute atomic E-state index is 12.3. The summed E-state index contributed by atoms with van der Waals surface area (Å²) in [5, 5.41) is 4.67. The first kappa shape index (κ1) is 16.0. The fourth-order valence-electron chi connectivity index (χ4n) is 3.12. The molecule has 1 aromatic rings. The number of nitrogens with zero attached hydrogens (tertiary/aromatic N) is 2. The SMILES string of the molecule is CCOC(=O)C(CC)(CN)Cc1ccn(C2CCCC2)n1. The molecule has 0 bridgehead atoms. The Morgan fingerprint density at radius 2 is 2.19 bits per heavy atom. The van der Waals surface area contributed by atoms with Crippen LogP contribution in [-0.4, -0.2) is 28.9 Å². The molecule has 5 heteroatoms. The first-order chi connectivity index (χ1) is 10.1. The second-order valence-corrected chi connectivity index (χ2v) is 5.96. The number of hydrogen-bond acceptors (Lipinski definition) is 4. The van der Waals surface area contributed by atoms with Crippen LogP contribution in [0.25, 0.3) is 0 Å². The summed E-state index contributed by atoms with van der Waals surface area (Å²) in [6, 6.07) is 2.53. The van der Waals surface area contributed by atoms with E-state index < -0.39 is 5.41 Å². The molecule has 2 rings (SSSR count). The predicted octanol–water partition coefficient (Wildman–Crippen LogP) is 2.46. The number of ether oxygens (including phenoxy) is 1. The highest BCUT2D eigenvalue weighted by Gasteiger charge is 2.38. The van der Waals surface area contributed by atoms with E-state index in [1.54, 1.807) is 0 Å². The van der Waals surface area contributed by atoms with Gasteiger partial charge >= 0.3 is 5.97 Å². The number of carbonyl (C=O) groups excluding carboxylic acids is 1. The lowest BCUT2D eigenvalue weighted by Gasteiger charge is -2.28. The highest BCUT2D eigenvalue weighted by Crippen LogP contribution is 2.31. The maximum Gasteiger partial charge on any atom is 0.313 e. The van der Waals surface area contributed by atoms with Crippen molar-refractivity contribution in [3.05, 3.63) is 18.0 Å². The number of carbonyl (C=O) groups is 1. The van der Waals surface area contributed by atoms with E-state index in [-0.39, 0.29) is 5.97 Å². The standard InChI is InChI=1S/C16H27N3O2/c1-3-16(12-17,15(20)21-4-2)11-13-9-10-19(18-13)14-7-5-6-8-14/h9-10,14H,3-8,11-12,17H2,1-2H3. The van der Waals surface area contributed by atoms with Crippen LogP contribution in [0.2, 0.25) is 0 Å². The number of esters is 1. The molecule has 0 aromatic carbocycles. The van der Waals surface area contributed by atoms with E-state index >= 15 is 0 Å². The van der Waals surface area contributed by atoms with E-state index in [4.69, 9.17) is 10.5 Å². The van der Waals surface area contributed by atoms with Crippen molar-refractivity contribution in [2.24, 2.45) is 11.1 Å². The molecule has 2 N–H and O–H groups in total. The van der Waals surface area contributed by atoms with Crippen LogP contribution in [0.5, 0.6) is 0 Å². The number of hydrogen-bond donors (Lipinski definition) is 1. The van der Waals surface area contributed by atoms with Crippen LogP contribution in [0.4, 0.5) is 0 Å². The molecule has 1 heterocycles. The van der Waals surface area contributed by atoms with E-state index in [2.05, 4.69) is 9.78 Å². The zero-order valence-corrected chi connectivity index (χ0v) is 13.2. The zero-order chi connectivity index (χ0) is 15.3. The van der Waals surface area contributed by atoms with Crippen molar-refractivity contribution in [1.82, 2.24) is 9.78 Å². The Bertz CT molecular complexity index is 460. The van der Waals surface area contributed by atoms with Gasteiger partial charge in [-0.1, -0.05) is 19.8 Å². The van der Waals surface area contributed by atoms with Gasteiger partial charge in [-0.05, 0) is 32.3 Å². The Kier molecular flexibility index (Phi) is 5.39. The third kappa shape index (κ3) is 3.46. The van der Waals surface area contributed by atoms with Crippen molar-refractivity contribution in [3.63, 3.8) is 0 Å². The van der Waals surface area contributed by atoms with Gasteiger partial charge in [0.15, 0.2) is 0 Å². The summed E-state index contributed by atoms with van der Waals surface area (Å²) < 4.78 is 7.27. The van der Waals surface area contributed by atoms with E-state index in [9.17, 15) is 4.79 Å². The quantitative estimate of drug-likeness (QED) is 0.784. The van der Waals surface area contributed by atoms with E-state index in [0.717, 1.165) is 5.69 Å². The molecule has 1 saturated carbocycles. The van der Waals surface area contributed by atoms with Gasteiger partial charge < -0.3 is 10.5 Å². The summed E-state index contributed by atoms with van der Waals surface area (Å²) in [5.74, 6) is -0.203. The van der Waals surface area contributed by atoms with Gasteiger partial charge in [0.25, 0.3) is 0 Å². The number of rotatable bonds is 7. The zero-order valence-electron chi connectivity index (χ0n) is 13.2. The smallest absolute Gasteiger partial charge is 0.313 e. The van der Waals surface area contributed by atoms with Crippen LogP contribution in [0.3, 0.4) is 0 Å². The van der Waals surface area contributed by atoms with Crippen LogP contribution in [0.1, 0.15) is 57.7 Å². The lowest BCUT2D eigenvalue weighted by Crippen LogP contribution is -2.41. The summed E-state index contributed by atoms with van der Waals surface area (Å²) in [4.78, 5) is 12.3. The molecule has 1 aromatic heterocycles. The van der Waals surface area contributed by atoms with Gasteiger partial charge in [0, 0.05) is 19.2 Å². The third-order valence-electron chi connectivity index (χ3n) is 4.66. The first-order valence-corrected chi connectivity index (χ1v) is 8.06. The van der Waals surface area contributed by atoms with Crippen LogP contribution in [-0.2, 0) is 16.0 Å². The Hall–Kier alpha value is -1.36. The van der Waals surface area contributed by atoms with Gasteiger partial charge in [0.2, 0.25) is 0 Å². The summed E-state index contributed by atoms with van der Waals surface area (Å²) >= 11 is 0. The molecule has 1 unspecified atom stereocenters. The Balaban J connectivity index is 2.11. The van der Waals surface area contributed by atoms with Crippen molar-refractivity contribution >= 4 is 5.97 Å². The Morgan fingerprint density at radius 3 is 2.76 bits per heavy atom. The normalized spacial score (nSPS) is 18.6. The molecule has 0 aliphatic heterocycles. The van der Waals surface area contributed by atoms with Crippen molar-refractivity contribution < 1.29 is 9.53 Å².